The van der Waals surface area contributed by atoms with Crippen molar-refractivity contribution in [3.05, 3.63) is 106 Å². The number of benzene rings is 2. The summed E-state index contributed by atoms with van der Waals surface area (Å²) in [6.45, 7) is 1.22. The molecular formula is C28H22F2N6O. The first-order chi connectivity index (χ1) is 17.9. The summed E-state index contributed by atoms with van der Waals surface area (Å²) in [7, 11) is 1.64. The maximum absolute atomic E-state index is 13.7. The molecule has 9 heteroatoms. The molecule has 0 bridgehead atoms. The summed E-state index contributed by atoms with van der Waals surface area (Å²) < 4.78 is 28.8. The number of aromatic nitrogens is 2. The number of rotatable bonds is 4. The SMILES string of the molecule is Cn1c(=O)cc(N2CCN(C(c3ccc(F)cc3)c3ccc(F)cc3)CC2C#N)c2nc(C#N)ccc21. The van der Waals surface area contributed by atoms with Crippen LogP contribution in [0.4, 0.5) is 14.5 Å². The van der Waals surface area contributed by atoms with E-state index < -0.39 is 6.04 Å². The Balaban J connectivity index is 1.54. The number of aryl methyl sites for hydroxylation is 1. The first kappa shape index (κ1) is 24.1. The van der Waals surface area contributed by atoms with E-state index in [1.807, 2.05) is 11.0 Å². The van der Waals surface area contributed by atoms with Crippen molar-refractivity contribution in [2.24, 2.45) is 7.05 Å². The lowest BCUT2D eigenvalue weighted by atomic mass is 9.95. The van der Waals surface area contributed by atoms with Gasteiger partial charge in [-0.15, -0.1) is 0 Å². The molecule has 1 saturated heterocycles. The third-order valence-electron chi connectivity index (χ3n) is 6.79. The molecule has 2 aromatic heterocycles. The molecule has 0 amide bonds. The predicted octanol–water partition coefficient (Wildman–Crippen LogP) is 3.89. The summed E-state index contributed by atoms with van der Waals surface area (Å²) in [6, 6.07) is 20.4. The molecule has 0 radical (unpaired) electrons. The molecule has 5 rings (SSSR count). The molecule has 0 spiro atoms. The van der Waals surface area contributed by atoms with Crippen LogP contribution in [0.3, 0.4) is 0 Å². The van der Waals surface area contributed by atoms with Crippen LogP contribution in [-0.4, -0.2) is 40.1 Å². The summed E-state index contributed by atoms with van der Waals surface area (Å²) in [5, 5.41) is 19.5. The third-order valence-corrected chi connectivity index (χ3v) is 6.79. The van der Waals surface area contributed by atoms with Gasteiger partial charge < -0.3 is 9.47 Å². The molecule has 0 aliphatic carbocycles. The Bertz CT molecular complexity index is 1560. The number of halogens is 2. The molecule has 1 aliphatic heterocycles. The van der Waals surface area contributed by atoms with Gasteiger partial charge in [-0.3, -0.25) is 9.69 Å². The average Bonchev–Trinajstić information content (AvgIpc) is 2.92. The first-order valence-corrected chi connectivity index (χ1v) is 11.7. The number of nitriles is 2. The van der Waals surface area contributed by atoms with Crippen LogP contribution in [-0.2, 0) is 7.05 Å². The van der Waals surface area contributed by atoms with Gasteiger partial charge in [-0.05, 0) is 47.5 Å². The van der Waals surface area contributed by atoms with Gasteiger partial charge in [0, 0.05) is 32.7 Å². The van der Waals surface area contributed by atoms with Crippen LogP contribution in [0.25, 0.3) is 11.0 Å². The Morgan fingerprint density at radius 3 is 2.14 bits per heavy atom. The predicted molar refractivity (Wildman–Crippen MR) is 135 cm³/mol. The van der Waals surface area contributed by atoms with E-state index in [0.717, 1.165) is 11.1 Å². The minimum absolute atomic E-state index is 0.215. The largest absolute Gasteiger partial charge is 0.351 e. The zero-order valence-corrected chi connectivity index (χ0v) is 20.0. The second kappa shape index (κ2) is 9.81. The monoisotopic (exact) mass is 496 g/mol. The van der Waals surface area contributed by atoms with E-state index in [1.54, 1.807) is 43.4 Å². The van der Waals surface area contributed by atoms with Crippen molar-refractivity contribution in [2.75, 3.05) is 24.5 Å². The second-order valence-corrected chi connectivity index (χ2v) is 8.94. The van der Waals surface area contributed by atoms with E-state index in [-0.39, 0.29) is 28.9 Å². The van der Waals surface area contributed by atoms with Crippen molar-refractivity contribution in [3.8, 4) is 12.1 Å². The molecule has 3 heterocycles. The summed E-state index contributed by atoms with van der Waals surface area (Å²) in [5.74, 6) is -0.716. The molecule has 2 aromatic carbocycles. The molecule has 7 nitrogen and oxygen atoms in total. The fourth-order valence-electron chi connectivity index (χ4n) is 4.93. The number of hydrogen-bond donors (Lipinski definition) is 0. The summed E-state index contributed by atoms with van der Waals surface area (Å²) in [6.07, 6.45) is 0. The van der Waals surface area contributed by atoms with E-state index >= 15 is 0 Å². The van der Waals surface area contributed by atoms with E-state index in [0.29, 0.717) is 36.4 Å². The van der Waals surface area contributed by atoms with Crippen molar-refractivity contribution < 1.29 is 8.78 Å². The Hall–Kier alpha value is -4.60. The van der Waals surface area contributed by atoms with Crippen LogP contribution in [0.15, 0.2) is 71.5 Å². The molecule has 4 aromatic rings. The Morgan fingerprint density at radius 1 is 0.946 bits per heavy atom. The van der Waals surface area contributed by atoms with Gasteiger partial charge in [0.15, 0.2) is 0 Å². The Morgan fingerprint density at radius 2 is 1.57 bits per heavy atom. The first-order valence-electron chi connectivity index (χ1n) is 11.7. The summed E-state index contributed by atoms with van der Waals surface area (Å²) in [5.41, 5.74) is 3.15. The van der Waals surface area contributed by atoms with Gasteiger partial charge >= 0.3 is 0 Å². The van der Waals surface area contributed by atoms with Gasteiger partial charge in [0.2, 0.25) is 0 Å². The van der Waals surface area contributed by atoms with Crippen molar-refractivity contribution in [2.45, 2.75) is 12.1 Å². The highest BCUT2D eigenvalue weighted by atomic mass is 19.1. The van der Waals surface area contributed by atoms with E-state index in [4.69, 9.17) is 0 Å². The lowest BCUT2D eigenvalue weighted by Crippen LogP contribution is -2.54. The normalized spacial score (nSPS) is 16.1. The van der Waals surface area contributed by atoms with Crippen molar-refractivity contribution in [3.63, 3.8) is 0 Å². The zero-order valence-electron chi connectivity index (χ0n) is 20.0. The van der Waals surface area contributed by atoms with Gasteiger partial charge in [0.1, 0.15) is 35.0 Å². The molecule has 1 aliphatic rings. The lowest BCUT2D eigenvalue weighted by molar-refractivity contribution is 0.197. The molecular weight excluding hydrogens is 474 g/mol. The van der Waals surface area contributed by atoms with Crippen LogP contribution < -0.4 is 10.5 Å². The molecule has 37 heavy (non-hydrogen) atoms. The van der Waals surface area contributed by atoms with E-state index in [9.17, 15) is 24.1 Å². The molecule has 1 unspecified atom stereocenters. The molecule has 184 valence electrons. The molecule has 1 atom stereocenters. The summed E-state index contributed by atoms with van der Waals surface area (Å²) in [4.78, 5) is 21.1. The quantitative estimate of drug-likeness (QED) is 0.426. The minimum atomic E-state index is -0.639. The maximum atomic E-state index is 13.7. The second-order valence-electron chi connectivity index (χ2n) is 8.94. The van der Waals surface area contributed by atoms with Crippen LogP contribution in [0.5, 0.6) is 0 Å². The average molecular weight is 497 g/mol. The van der Waals surface area contributed by atoms with Crippen molar-refractivity contribution in [1.29, 1.82) is 10.5 Å². The Kier molecular flexibility index (Phi) is 6.39. The van der Waals surface area contributed by atoms with Gasteiger partial charge in [-0.1, -0.05) is 24.3 Å². The van der Waals surface area contributed by atoms with Crippen molar-refractivity contribution in [1.82, 2.24) is 14.5 Å². The van der Waals surface area contributed by atoms with Gasteiger partial charge in [-0.25, -0.2) is 13.8 Å². The highest BCUT2D eigenvalue weighted by Gasteiger charge is 2.34. The highest BCUT2D eigenvalue weighted by Crippen LogP contribution is 2.33. The van der Waals surface area contributed by atoms with Crippen LogP contribution >= 0.6 is 0 Å². The van der Waals surface area contributed by atoms with Gasteiger partial charge in [0.25, 0.3) is 5.56 Å². The number of piperazine rings is 1. The molecule has 0 saturated carbocycles. The number of hydrogen-bond acceptors (Lipinski definition) is 6. The Labute approximate surface area is 212 Å². The topological polar surface area (TPSA) is 88.9 Å². The van der Waals surface area contributed by atoms with Gasteiger partial charge in [-0.2, -0.15) is 10.5 Å². The fraction of sp³-hybridized carbons (Fsp3) is 0.214. The maximum Gasteiger partial charge on any atom is 0.252 e. The van der Waals surface area contributed by atoms with E-state index in [1.165, 1.54) is 34.9 Å². The van der Waals surface area contributed by atoms with Crippen LogP contribution in [0, 0.1) is 34.3 Å². The van der Waals surface area contributed by atoms with E-state index in [2.05, 4.69) is 16.0 Å². The van der Waals surface area contributed by atoms with Crippen LogP contribution in [0.2, 0.25) is 0 Å². The lowest BCUT2D eigenvalue weighted by Gasteiger charge is -2.43. The zero-order chi connectivity index (χ0) is 26.1. The molecule has 0 N–H and O–H groups in total. The van der Waals surface area contributed by atoms with Crippen molar-refractivity contribution >= 4 is 16.7 Å². The number of pyridine rings is 2. The smallest absolute Gasteiger partial charge is 0.252 e. The standard InChI is InChI=1S/C28H22F2N6O/c1-34-24-11-10-22(15-31)33-27(24)25(14-26(34)37)36-13-12-35(17-23(36)16-32)28(18-2-6-20(29)7-3-18)19-4-8-21(30)9-5-19/h2-11,14,23,28H,12-13,17H2,1H3. The number of nitrogens with zero attached hydrogens (tertiary/aromatic N) is 6. The third kappa shape index (κ3) is 4.53. The highest BCUT2D eigenvalue weighted by molar-refractivity contribution is 5.89. The van der Waals surface area contributed by atoms with Crippen LogP contribution in [0.1, 0.15) is 22.9 Å². The minimum Gasteiger partial charge on any atom is -0.351 e. The number of fused-ring (bicyclic) bond motifs is 1. The fourth-order valence-corrected chi connectivity index (χ4v) is 4.93. The molecule has 1 fully saturated rings. The summed E-state index contributed by atoms with van der Waals surface area (Å²) >= 11 is 0. The number of anilines is 1. The van der Waals surface area contributed by atoms with Gasteiger partial charge in [0.05, 0.1) is 23.3 Å².